The first-order valence-electron chi connectivity index (χ1n) is 8.91. The number of aryl methyl sites for hydroxylation is 1. The highest BCUT2D eigenvalue weighted by molar-refractivity contribution is 9.10. The Morgan fingerprint density at radius 1 is 1.32 bits per heavy atom. The minimum absolute atomic E-state index is 0.356. The molecule has 0 N–H and O–H groups in total. The summed E-state index contributed by atoms with van der Waals surface area (Å²) in [5, 5.41) is 14.3. The Labute approximate surface area is 175 Å². The zero-order chi connectivity index (χ0) is 21.3. The lowest BCUT2D eigenvalue weighted by atomic mass is 9.89. The zero-order valence-corrected chi connectivity index (χ0v) is 19.9. The smallest absolute Gasteiger partial charge is 0.317 e. The van der Waals surface area contributed by atoms with Crippen molar-refractivity contribution in [2.75, 3.05) is 7.11 Å². The van der Waals surface area contributed by atoms with Crippen molar-refractivity contribution in [3.8, 4) is 17.3 Å². The maximum Gasteiger partial charge on any atom is 0.317 e. The number of hydrogen-bond donors (Lipinski definition) is 0. The number of ether oxygens (including phenoxy) is 1. The molecule has 28 heavy (non-hydrogen) atoms. The molecule has 0 aliphatic carbocycles. The number of rotatable bonds is 6. The normalized spacial score (nSPS) is 13.1. The SMILES string of the molecule is COC(=O)C(C)(C)c1cc(-c2ccc(Br)cc2C(C#N)O[Si](C)(C)C)n(C)n1. The Hall–Kier alpha value is -1.95. The number of halogens is 1. The predicted octanol–water partition coefficient (Wildman–Crippen LogP) is 4.72. The molecular weight excluding hydrogens is 438 g/mol. The van der Waals surface area contributed by atoms with E-state index < -0.39 is 19.8 Å². The van der Waals surface area contributed by atoms with E-state index in [1.54, 1.807) is 18.5 Å². The molecule has 1 atom stereocenters. The molecule has 6 nitrogen and oxygen atoms in total. The Kier molecular flexibility index (Phi) is 6.54. The van der Waals surface area contributed by atoms with Gasteiger partial charge < -0.3 is 9.16 Å². The monoisotopic (exact) mass is 463 g/mol. The van der Waals surface area contributed by atoms with Crippen LogP contribution in [0.15, 0.2) is 28.7 Å². The molecule has 0 aliphatic heterocycles. The van der Waals surface area contributed by atoms with Crippen LogP contribution in [0.25, 0.3) is 11.3 Å². The first kappa shape index (κ1) is 22.3. The first-order valence-corrected chi connectivity index (χ1v) is 13.1. The molecule has 1 aromatic carbocycles. The molecule has 8 heteroatoms. The van der Waals surface area contributed by atoms with E-state index in [2.05, 4.69) is 46.7 Å². The van der Waals surface area contributed by atoms with Gasteiger partial charge in [-0.15, -0.1) is 0 Å². The van der Waals surface area contributed by atoms with Crippen LogP contribution in [0.4, 0.5) is 0 Å². The summed E-state index contributed by atoms with van der Waals surface area (Å²) in [6.45, 7) is 9.71. The summed E-state index contributed by atoms with van der Waals surface area (Å²) in [6, 6.07) is 9.91. The number of aromatic nitrogens is 2. The Morgan fingerprint density at radius 3 is 2.50 bits per heavy atom. The Morgan fingerprint density at radius 2 is 1.96 bits per heavy atom. The van der Waals surface area contributed by atoms with Crippen molar-refractivity contribution in [1.82, 2.24) is 9.78 Å². The van der Waals surface area contributed by atoms with E-state index >= 15 is 0 Å². The summed E-state index contributed by atoms with van der Waals surface area (Å²) in [5.74, 6) is -0.356. The number of carbonyl (C=O) groups is 1. The van der Waals surface area contributed by atoms with E-state index in [-0.39, 0.29) is 5.97 Å². The highest BCUT2D eigenvalue weighted by Crippen LogP contribution is 2.35. The van der Waals surface area contributed by atoms with E-state index in [1.807, 2.05) is 31.3 Å². The molecule has 1 heterocycles. The number of methoxy groups -OCH3 is 1. The molecule has 150 valence electrons. The van der Waals surface area contributed by atoms with Crippen LogP contribution in [0.1, 0.15) is 31.2 Å². The zero-order valence-electron chi connectivity index (χ0n) is 17.3. The van der Waals surface area contributed by atoms with Crippen LogP contribution in [-0.4, -0.2) is 31.2 Å². The van der Waals surface area contributed by atoms with E-state index in [0.29, 0.717) is 5.69 Å². The van der Waals surface area contributed by atoms with Gasteiger partial charge in [-0.05, 0) is 51.7 Å². The third-order valence-corrected chi connectivity index (χ3v) is 5.81. The molecule has 0 amide bonds. The fourth-order valence-electron chi connectivity index (χ4n) is 2.88. The first-order chi connectivity index (χ1) is 12.9. The van der Waals surface area contributed by atoms with Crippen LogP contribution < -0.4 is 0 Å². The standard InChI is InChI=1S/C20H26BrN3O3Si/c1-20(2,19(25)26-4)18-11-16(24(3)23-18)14-9-8-13(21)10-15(14)17(12-22)27-28(5,6)7/h8-11,17H,1-7H3. The molecule has 1 aromatic heterocycles. The average Bonchev–Trinajstić information content (AvgIpc) is 3.00. The minimum Gasteiger partial charge on any atom is -0.468 e. The lowest BCUT2D eigenvalue weighted by molar-refractivity contribution is -0.146. The second-order valence-corrected chi connectivity index (χ2v) is 13.5. The summed E-state index contributed by atoms with van der Waals surface area (Å²) in [6.07, 6.45) is -0.689. The van der Waals surface area contributed by atoms with Crippen molar-refractivity contribution in [3.63, 3.8) is 0 Å². The highest BCUT2D eigenvalue weighted by Gasteiger charge is 2.35. The average molecular weight is 464 g/mol. The summed E-state index contributed by atoms with van der Waals surface area (Å²) in [4.78, 5) is 12.2. The topological polar surface area (TPSA) is 77.1 Å². The van der Waals surface area contributed by atoms with Crippen LogP contribution in [0.2, 0.25) is 19.6 Å². The summed E-state index contributed by atoms with van der Waals surface area (Å²) in [5.41, 5.74) is 2.13. The molecule has 2 rings (SSSR count). The van der Waals surface area contributed by atoms with Gasteiger partial charge in [0.15, 0.2) is 14.4 Å². The van der Waals surface area contributed by atoms with Gasteiger partial charge in [-0.3, -0.25) is 9.48 Å². The fourth-order valence-corrected chi connectivity index (χ4v) is 4.15. The second-order valence-electron chi connectivity index (χ2n) is 8.13. The molecule has 0 fully saturated rings. The minimum atomic E-state index is -1.94. The largest absolute Gasteiger partial charge is 0.468 e. The third-order valence-electron chi connectivity index (χ3n) is 4.38. The van der Waals surface area contributed by atoms with Crippen molar-refractivity contribution >= 4 is 30.2 Å². The molecule has 0 saturated carbocycles. The predicted molar refractivity (Wildman–Crippen MR) is 114 cm³/mol. The Balaban J connectivity index is 2.61. The van der Waals surface area contributed by atoms with Crippen LogP contribution in [-0.2, 0) is 26.4 Å². The maximum atomic E-state index is 12.2. The van der Waals surface area contributed by atoms with Crippen LogP contribution in [0.3, 0.4) is 0 Å². The molecule has 0 radical (unpaired) electrons. The summed E-state index contributed by atoms with van der Waals surface area (Å²) < 4.78 is 13.6. The van der Waals surface area contributed by atoms with Crippen molar-refractivity contribution in [3.05, 3.63) is 40.0 Å². The van der Waals surface area contributed by atoms with Gasteiger partial charge in [0.25, 0.3) is 0 Å². The number of benzene rings is 1. The highest BCUT2D eigenvalue weighted by atomic mass is 79.9. The van der Waals surface area contributed by atoms with E-state index in [4.69, 9.17) is 9.16 Å². The van der Waals surface area contributed by atoms with Crippen LogP contribution in [0, 0.1) is 11.3 Å². The molecular formula is C20H26BrN3O3Si. The van der Waals surface area contributed by atoms with Gasteiger partial charge in [-0.2, -0.15) is 10.4 Å². The van der Waals surface area contributed by atoms with Gasteiger partial charge in [0, 0.05) is 22.6 Å². The molecule has 0 saturated heterocycles. The fraction of sp³-hybridized carbons (Fsp3) is 0.450. The number of carbonyl (C=O) groups excluding carboxylic acids is 1. The lowest BCUT2D eigenvalue weighted by Crippen LogP contribution is -2.30. The van der Waals surface area contributed by atoms with Crippen LogP contribution in [0.5, 0.6) is 0 Å². The lowest BCUT2D eigenvalue weighted by Gasteiger charge is -2.23. The Bertz CT molecular complexity index is 926. The number of esters is 1. The van der Waals surface area contributed by atoms with E-state index in [1.165, 1.54) is 7.11 Å². The summed E-state index contributed by atoms with van der Waals surface area (Å²) >= 11 is 3.49. The molecule has 0 bridgehead atoms. The van der Waals surface area contributed by atoms with Crippen molar-refractivity contribution in [2.24, 2.45) is 7.05 Å². The van der Waals surface area contributed by atoms with Crippen LogP contribution >= 0.6 is 15.9 Å². The molecule has 0 aliphatic rings. The summed E-state index contributed by atoms with van der Waals surface area (Å²) in [7, 11) is 1.24. The molecule has 2 aromatic rings. The number of nitriles is 1. The van der Waals surface area contributed by atoms with Gasteiger partial charge >= 0.3 is 5.97 Å². The van der Waals surface area contributed by atoms with Gasteiger partial charge in [0.2, 0.25) is 0 Å². The van der Waals surface area contributed by atoms with Crippen molar-refractivity contribution < 1.29 is 14.0 Å². The van der Waals surface area contributed by atoms with Gasteiger partial charge in [0.1, 0.15) is 5.41 Å². The van der Waals surface area contributed by atoms with Gasteiger partial charge in [-0.25, -0.2) is 0 Å². The number of hydrogen-bond acceptors (Lipinski definition) is 5. The van der Waals surface area contributed by atoms with Crippen molar-refractivity contribution in [2.45, 2.75) is 45.0 Å². The quantitative estimate of drug-likeness (QED) is 0.457. The number of nitrogens with zero attached hydrogens (tertiary/aromatic N) is 3. The van der Waals surface area contributed by atoms with Gasteiger partial charge in [-0.1, -0.05) is 22.0 Å². The third kappa shape index (κ3) is 4.72. The van der Waals surface area contributed by atoms with E-state index in [9.17, 15) is 10.1 Å². The second kappa shape index (κ2) is 8.19. The molecule has 1 unspecified atom stereocenters. The van der Waals surface area contributed by atoms with Crippen molar-refractivity contribution in [1.29, 1.82) is 5.26 Å². The van der Waals surface area contributed by atoms with Gasteiger partial charge in [0.05, 0.1) is 24.6 Å². The van der Waals surface area contributed by atoms with E-state index in [0.717, 1.165) is 21.3 Å². The maximum absolute atomic E-state index is 12.2. The molecule has 0 spiro atoms.